The normalized spacial score (nSPS) is 9.29. The molecule has 1 aromatic carbocycles. The molecule has 4 heteroatoms. The third-order valence-corrected chi connectivity index (χ3v) is 2.37. The van der Waals surface area contributed by atoms with E-state index in [2.05, 4.69) is 22.0 Å². The molecule has 0 aliphatic carbocycles. The summed E-state index contributed by atoms with van der Waals surface area (Å²) in [6, 6.07) is 5.73. The maximum absolute atomic E-state index is 8.56. The van der Waals surface area contributed by atoms with Gasteiger partial charge in [0.15, 0.2) is 11.5 Å². The molecule has 0 N–H and O–H groups in total. The average molecular weight is 256 g/mol. The largest absolute Gasteiger partial charge is 0.493 e. The smallest absolute Gasteiger partial charge is 0.174 e. The van der Waals surface area contributed by atoms with Crippen molar-refractivity contribution >= 4 is 15.9 Å². The molecular formula is C10H10BrNO2. The zero-order chi connectivity index (χ0) is 10.6. The van der Waals surface area contributed by atoms with Crippen molar-refractivity contribution in [2.75, 3.05) is 14.2 Å². The molecule has 0 heterocycles. The number of hydrogen-bond acceptors (Lipinski definition) is 3. The second-order valence-corrected chi connectivity index (χ2v) is 3.50. The minimum Gasteiger partial charge on any atom is -0.493 e. The average Bonchev–Trinajstić information content (AvgIpc) is 2.17. The Morgan fingerprint density at radius 2 is 2.07 bits per heavy atom. The maximum atomic E-state index is 8.56. The van der Waals surface area contributed by atoms with Crippen LogP contribution < -0.4 is 9.47 Å². The summed E-state index contributed by atoms with van der Waals surface area (Å²) in [4.78, 5) is 0. The highest BCUT2D eigenvalue weighted by molar-refractivity contribution is 9.10. The Kier molecular flexibility index (Phi) is 3.78. The highest BCUT2D eigenvalue weighted by atomic mass is 79.9. The maximum Gasteiger partial charge on any atom is 0.174 e. The predicted molar refractivity (Wildman–Crippen MR) is 56.6 cm³/mol. The Morgan fingerprint density at radius 1 is 1.36 bits per heavy atom. The molecule has 0 bridgehead atoms. The van der Waals surface area contributed by atoms with Crippen LogP contribution in [0.4, 0.5) is 0 Å². The van der Waals surface area contributed by atoms with Gasteiger partial charge in [-0.25, -0.2) is 0 Å². The second kappa shape index (κ2) is 4.87. The van der Waals surface area contributed by atoms with Crippen LogP contribution in [0, 0.1) is 11.3 Å². The van der Waals surface area contributed by atoms with Gasteiger partial charge in [0.2, 0.25) is 0 Å². The Hall–Kier alpha value is -1.21. The van der Waals surface area contributed by atoms with Crippen molar-refractivity contribution in [1.29, 1.82) is 5.26 Å². The van der Waals surface area contributed by atoms with Crippen LogP contribution in [-0.4, -0.2) is 14.2 Å². The fourth-order valence-corrected chi connectivity index (χ4v) is 1.82. The molecule has 0 aliphatic heterocycles. The number of hydrogen-bond donors (Lipinski definition) is 0. The van der Waals surface area contributed by atoms with Gasteiger partial charge in [0.05, 0.1) is 31.2 Å². The third kappa shape index (κ3) is 2.18. The fourth-order valence-electron chi connectivity index (χ4n) is 1.16. The van der Waals surface area contributed by atoms with Crippen molar-refractivity contribution in [3.8, 4) is 17.6 Å². The molecule has 0 aromatic heterocycles. The summed E-state index contributed by atoms with van der Waals surface area (Å²) in [6.07, 6.45) is 0.360. The highest BCUT2D eigenvalue weighted by Crippen LogP contribution is 2.36. The van der Waals surface area contributed by atoms with E-state index in [0.717, 1.165) is 10.0 Å². The van der Waals surface area contributed by atoms with Gasteiger partial charge in [-0.1, -0.05) is 0 Å². The number of halogens is 1. The number of nitriles is 1. The minimum absolute atomic E-state index is 0.360. The van der Waals surface area contributed by atoms with Crippen LogP contribution in [0.5, 0.6) is 11.5 Å². The first-order valence-electron chi connectivity index (χ1n) is 4.00. The topological polar surface area (TPSA) is 42.2 Å². The number of methoxy groups -OCH3 is 2. The Morgan fingerprint density at radius 3 is 2.57 bits per heavy atom. The van der Waals surface area contributed by atoms with Gasteiger partial charge >= 0.3 is 0 Å². The molecule has 0 radical (unpaired) electrons. The zero-order valence-electron chi connectivity index (χ0n) is 8.00. The molecule has 0 atom stereocenters. The van der Waals surface area contributed by atoms with Crippen molar-refractivity contribution in [3.05, 3.63) is 22.2 Å². The molecule has 0 saturated carbocycles. The highest BCUT2D eigenvalue weighted by Gasteiger charge is 2.09. The van der Waals surface area contributed by atoms with Crippen LogP contribution in [-0.2, 0) is 6.42 Å². The molecular weight excluding hydrogens is 246 g/mol. The van der Waals surface area contributed by atoms with E-state index in [9.17, 15) is 0 Å². The van der Waals surface area contributed by atoms with Gasteiger partial charge in [-0.2, -0.15) is 5.26 Å². The van der Waals surface area contributed by atoms with E-state index in [1.807, 2.05) is 6.07 Å². The molecule has 0 spiro atoms. The summed E-state index contributed by atoms with van der Waals surface area (Å²) in [5.74, 6) is 1.28. The summed E-state index contributed by atoms with van der Waals surface area (Å²) in [5.41, 5.74) is 0.900. The number of benzene rings is 1. The van der Waals surface area contributed by atoms with Gasteiger partial charge in [-0.3, -0.25) is 0 Å². The number of nitrogens with zero attached hydrogens (tertiary/aromatic N) is 1. The molecule has 0 unspecified atom stereocenters. The second-order valence-electron chi connectivity index (χ2n) is 2.65. The molecule has 1 aromatic rings. The van der Waals surface area contributed by atoms with E-state index >= 15 is 0 Å². The Bertz CT molecular complexity index is 371. The summed E-state index contributed by atoms with van der Waals surface area (Å²) in [6.45, 7) is 0. The number of ether oxygens (including phenoxy) is 2. The van der Waals surface area contributed by atoms with Gasteiger partial charge < -0.3 is 9.47 Å². The zero-order valence-corrected chi connectivity index (χ0v) is 9.59. The van der Waals surface area contributed by atoms with Gasteiger partial charge in [0.1, 0.15) is 0 Å². The van der Waals surface area contributed by atoms with E-state index in [0.29, 0.717) is 17.9 Å². The van der Waals surface area contributed by atoms with Crippen molar-refractivity contribution in [1.82, 2.24) is 0 Å². The van der Waals surface area contributed by atoms with Crippen LogP contribution in [0.15, 0.2) is 16.6 Å². The summed E-state index contributed by atoms with van der Waals surface area (Å²) >= 11 is 3.35. The lowest BCUT2D eigenvalue weighted by molar-refractivity contribution is 0.353. The molecule has 1 rings (SSSR count). The van der Waals surface area contributed by atoms with E-state index in [-0.39, 0.29) is 0 Å². The molecule has 14 heavy (non-hydrogen) atoms. The molecule has 3 nitrogen and oxygen atoms in total. The molecule has 0 fully saturated rings. The lowest BCUT2D eigenvalue weighted by atomic mass is 10.1. The van der Waals surface area contributed by atoms with Crippen LogP contribution in [0.3, 0.4) is 0 Å². The van der Waals surface area contributed by atoms with E-state index in [1.54, 1.807) is 20.3 Å². The van der Waals surface area contributed by atoms with Crippen LogP contribution in [0.1, 0.15) is 5.56 Å². The summed E-state index contributed by atoms with van der Waals surface area (Å²) < 4.78 is 11.1. The Balaban J connectivity index is 3.18. The molecule has 0 amide bonds. The van der Waals surface area contributed by atoms with Gasteiger partial charge in [0.25, 0.3) is 0 Å². The van der Waals surface area contributed by atoms with E-state index < -0.39 is 0 Å². The fraction of sp³-hybridized carbons (Fsp3) is 0.300. The summed E-state index contributed by atoms with van der Waals surface area (Å²) in [5, 5.41) is 8.56. The molecule has 0 saturated heterocycles. The lowest BCUT2D eigenvalue weighted by Gasteiger charge is -2.10. The van der Waals surface area contributed by atoms with Crippen molar-refractivity contribution in [3.63, 3.8) is 0 Å². The molecule has 74 valence electrons. The van der Waals surface area contributed by atoms with Crippen molar-refractivity contribution < 1.29 is 9.47 Å². The standard InChI is InChI=1S/C10H10BrNO2/c1-13-9-6-7(3-4-12)5-8(11)10(9)14-2/h5-6H,3H2,1-2H3. The van der Waals surface area contributed by atoms with Crippen molar-refractivity contribution in [2.45, 2.75) is 6.42 Å². The lowest BCUT2D eigenvalue weighted by Crippen LogP contribution is -1.93. The monoisotopic (exact) mass is 255 g/mol. The number of rotatable bonds is 3. The van der Waals surface area contributed by atoms with Crippen LogP contribution >= 0.6 is 15.9 Å². The SMILES string of the molecule is COc1cc(CC#N)cc(Br)c1OC. The van der Waals surface area contributed by atoms with E-state index in [4.69, 9.17) is 14.7 Å². The van der Waals surface area contributed by atoms with Gasteiger partial charge in [-0.15, -0.1) is 0 Å². The van der Waals surface area contributed by atoms with Crippen molar-refractivity contribution in [2.24, 2.45) is 0 Å². The van der Waals surface area contributed by atoms with E-state index in [1.165, 1.54) is 0 Å². The first-order valence-corrected chi connectivity index (χ1v) is 4.79. The minimum atomic E-state index is 0.360. The quantitative estimate of drug-likeness (QED) is 0.834. The third-order valence-electron chi connectivity index (χ3n) is 1.78. The van der Waals surface area contributed by atoms with Crippen LogP contribution in [0.2, 0.25) is 0 Å². The van der Waals surface area contributed by atoms with Crippen LogP contribution in [0.25, 0.3) is 0 Å². The van der Waals surface area contributed by atoms with Gasteiger partial charge in [-0.05, 0) is 33.6 Å². The Labute approximate surface area is 91.4 Å². The first kappa shape index (κ1) is 10.9. The van der Waals surface area contributed by atoms with Gasteiger partial charge in [0, 0.05) is 0 Å². The molecule has 0 aliphatic rings. The predicted octanol–water partition coefficient (Wildman–Crippen LogP) is 2.53. The summed E-state index contributed by atoms with van der Waals surface area (Å²) in [7, 11) is 3.15. The first-order chi connectivity index (χ1) is 6.72.